The van der Waals surface area contributed by atoms with Gasteiger partial charge in [0.2, 0.25) is 0 Å². The molecule has 0 aliphatic carbocycles. The molecule has 0 unspecified atom stereocenters. The highest BCUT2D eigenvalue weighted by Gasteiger charge is 2.17. The van der Waals surface area contributed by atoms with E-state index in [1.165, 1.54) is 5.57 Å². The fourth-order valence-electron chi connectivity index (χ4n) is 1.42. The van der Waals surface area contributed by atoms with E-state index in [0.717, 1.165) is 6.42 Å². The van der Waals surface area contributed by atoms with Crippen molar-refractivity contribution in [1.82, 2.24) is 0 Å². The SMILES string of the molecule is CC(=O)CC/C(=C\C(C)C)C(C)(C)C. The Morgan fingerprint density at radius 1 is 1.21 bits per heavy atom. The zero-order valence-electron chi connectivity index (χ0n) is 10.5. The monoisotopic (exact) mass is 196 g/mol. The summed E-state index contributed by atoms with van der Waals surface area (Å²) in [7, 11) is 0. The molecule has 0 heterocycles. The summed E-state index contributed by atoms with van der Waals surface area (Å²) in [5.74, 6) is 0.847. The van der Waals surface area contributed by atoms with E-state index in [0.29, 0.717) is 12.3 Å². The number of hydrogen-bond donors (Lipinski definition) is 0. The third-order valence-corrected chi connectivity index (χ3v) is 2.24. The number of rotatable bonds is 4. The molecule has 0 spiro atoms. The molecule has 0 aromatic rings. The van der Waals surface area contributed by atoms with E-state index < -0.39 is 0 Å². The summed E-state index contributed by atoms with van der Waals surface area (Å²) in [6, 6.07) is 0. The topological polar surface area (TPSA) is 17.1 Å². The second kappa shape index (κ2) is 5.33. The van der Waals surface area contributed by atoms with Crippen LogP contribution in [0.5, 0.6) is 0 Å². The van der Waals surface area contributed by atoms with Gasteiger partial charge in [0.15, 0.2) is 0 Å². The van der Waals surface area contributed by atoms with Gasteiger partial charge in [0, 0.05) is 6.42 Å². The van der Waals surface area contributed by atoms with Crippen molar-refractivity contribution in [3.8, 4) is 0 Å². The Morgan fingerprint density at radius 3 is 2.00 bits per heavy atom. The van der Waals surface area contributed by atoms with Crippen molar-refractivity contribution in [3.63, 3.8) is 0 Å². The quantitative estimate of drug-likeness (QED) is 0.621. The van der Waals surface area contributed by atoms with Crippen LogP contribution in [0.15, 0.2) is 11.6 Å². The lowest BCUT2D eigenvalue weighted by Crippen LogP contribution is -2.11. The average molecular weight is 196 g/mol. The third-order valence-electron chi connectivity index (χ3n) is 2.24. The van der Waals surface area contributed by atoms with E-state index in [9.17, 15) is 4.79 Å². The first kappa shape index (κ1) is 13.4. The van der Waals surface area contributed by atoms with Gasteiger partial charge in [0.1, 0.15) is 5.78 Å². The summed E-state index contributed by atoms with van der Waals surface area (Å²) >= 11 is 0. The molecule has 82 valence electrons. The summed E-state index contributed by atoms with van der Waals surface area (Å²) in [4.78, 5) is 10.9. The predicted molar refractivity (Wildman–Crippen MR) is 62.3 cm³/mol. The lowest BCUT2D eigenvalue weighted by atomic mass is 9.82. The minimum atomic E-state index is 0.194. The van der Waals surface area contributed by atoms with Crippen LogP contribution in [0, 0.1) is 11.3 Å². The van der Waals surface area contributed by atoms with E-state index in [4.69, 9.17) is 0 Å². The first-order valence-corrected chi connectivity index (χ1v) is 5.44. The molecule has 0 atom stereocenters. The summed E-state index contributed by atoms with van der Waals surface area (Å²) in [6.07, 6.45) is 3.88. The van der Waals surface area contributed by atoms with Crippen molar-refractivity contribution in [2.24, 2.45) is 11.3 Å². The molecule has 0 fully saturated rings. The Morgan fingerprint density at radius 2 is 1.71 bits per heavy atom. The van der Waals surface area contributed by atoms with Crippen LogP contribution >= 0.6 is 0 Å². The maximum absolute atomic E-state index is 10.9. The number of hydrogen-bond acceptors (Lipinski definition) is 1. The van der Waals surface area contributed by atoms with E-state index in [-0.39, 0.29) is 11.2 Å². The molecule has 0 amide bonds. The van der Waals surface area contributed by atoms with E-state index in [2.05, 4.69) is 40.7 Å². The second-order valence-corrected chi connectivity index (χ2v) is 5.39. The second-order valence-electron chi connectivity index (χ2n) is 5.39. The third kappa shape index (κ3) is 5.95. The summed E-state index contributed by atoms with van der Waals surface area (Å²) in [5.41, 5.74) is 1.60. The number of carbonyl (C=O) groups is 1. The smallest absolute Gasteiger partial charge is 0.130 e. The average Bonchev–Trinajstić information content (AvgIpc) is 1.94. The van der Waals surface area contributed by atoms with Crippen LogP contribution in [0.1, 0.15) is 54.4 Å². The van der Waals surface area contributed by atoms with Gasteiger partial charge < -0.3 is 4.79 Å². The minimum Gasteiger partial charge on any atom is -0.300 e. The molecular weight excluding hydrogens is 172 g/mol. The van der Waals surface area contributed by atoms with Crippen molar-refractivity contribution in [1.29, 1.82) is 0 Å². The first-order chi connectivity index (χ1) is 6.23. The molecule has 0 aliphatic rings. The van der Waals surface area contributed by atoms with Crippen molar-refractivity contribution in [3.05, 3.63) is 11.6 Å². The number of Topliss-reactive ketones (excluding diaryl/α,β-unsaturated/α-hetero) is 1. The molecule has 0 aliphatic heterocycles. The van der Waals surface area contributed by atoms with Gasteiger partial charge in [-0.15, -0.1) is 0 Å². The molecule has 0 saturated heterocycles. The zero-order chi connectivity index (χ0) is 11.4. The van der Waals surface area contributed by atoms with E-state index >= 15 is 0 Å². The van der Waals surface area contributed by atoms with Crippen LogP contribution in [-0.4, -0.2) is 5.78 Å². The largest absolute Gasteiger partial charge is 0.300 e. The van der Waals surface area contributed by atoms with E-state index in [1.807, 2.05) is 0 Å². The molecule has 0 aromatic heterocycles. The fraction of sp³-hybridized carbons (Fsp3) is 0.769. The standard InChI is InChI=1S/C13H24O/c1-10(2)9-12(13(4,5)6)8-7-11(3)14/h9-10H,7-8H2,1-6H3/b12-9+. The van der Waals surface area contributed by atoms with Gasteiger partial charge in [-0.2, -0.15) is 0 Å². The molecule has 0 rings (SSSR count). The Kier molecular flexibility index (Phi) is 5.11. The molecular formula is C13H24O. The number of carbonyl (C=O) groups excluding carboxylic acids is 1. The number of ketones is 1. The highest BCUT2D eigenvalue weighted by molar-refractivity contribution is 5.75. The lowest BCUT2D eigenvalue weighted by molar-refractivity contribution is -0.117. The van der Waals surface area contributed by atoms with Gasteiger partial charge in [0.05, 0.1) is 0 Å². The van der Waals surface area contributed by atoms with E-state index in [1.54, 1.807) is 6.92 Å². The molecule has 0 N–H and O–H groups in total. The highest BCUT2D eigenvalue weighted by atomic mass is 16.1. The van der Waals surface area contributed by atoms with Gasteiger partial charge >= 0.3 is 0 Å². The molecule has 0 aromatic carbocycles. The molecule has 0 radical (unpaired) electrons. The van der Waals surface area contributed by atoms with Crippen LogP contribution in [-0.2, 0) is 4.79 Å². The molecule has 0 bridgehead atoms. The van der Waals surface area contributed by atoms with Crippen molar-refractivity contribution in [2.75, 3.05) is 0 Å². The van der Waals surface area contributed by atoms with Crippen molar-refractivity contribution in [2.45, 2.75) is 54.4 Å². The molecule has 1 nitrogen and oxygen atoms in total. The van der Waals surface area contributed by atoms with Gasteiger partial charge in [-0.1, -0.05) is 46.3 Å². The Bertz CT molecular complexity index is 216. The Balaban J connectivity index is 4.50. The lowest BCUT2D eigenvalue weighted by Gasteiger charge is -2.24. The summed E-state index contributed by atoms with van der Waals surface area (Å²) in [6.45, 7) is 12.7. The van der Waals surface area contributed by atoms with Gasteiger partial charge in [-0.3, -0.25) is 0 Å². The Hall–Kier alpha value is -0.590. The highest BCUT2D eigenvalue weighted by Crippen LogP contribution is 2.30. The maximum Gasteiger partial charge on any atom is 0.130 e. The van der Waals surface area contributed by atoms with Crippen molar-refractivity contribution < 1.29 is 4.79 Å². The van der Waals surface area contributed by atoms with Gasteiger partial charge in [-0.05, 0) is 24.7 Å². The molecule has 1 heteroatoms. The first-order valence-electron chi connectivity index (χ1n) is 5.44. The number of allylic oxidation sites excluding steroid dienone is 2. The normalized spacial score (nSPS) is 13.5. The summed E-state index contributed by atoms with van der Waals surface area (Å²) in [5, 5.41) is 0. The van der Waals surface area contributed by atoms with Gasteiger partial charge in [0.25, 0.3) is 0 Å². The predicted octanol–water partition coefficient (Wildman–Crippen LogP) is 3.98. The maximum atomic E-state index is 10.9. The Labute approximate surface area is 88.6 Å². The van der Waals surface area contributed by atoms with Crippen molar-refractivity contribution >= 4 is 5.78 Å². The van der Waals surface area contributed by atoms with Crippen LogP contribution in [0.4, 0.5) is 0 Å². The van der Waals surface area contributed by atoms with Gasteiger partial charge in [-0.25, -0.2) is 0 Å². The minimum absolute atomic E-state index is 0.194. The van der Waals surface area contributed by atoms with Crippen LogP contribution < -0.4 is 0 Å². The molecule has 0 saturated carbocycles. The fourth-order valence-corrected chi connectivity index (χ4v) is 1.42. The van der Waals surface area contributed by atoms with Crippen LogP contribution in [0.2, 0.25) is 0 Å². The summed E-state index contributed by atoms with van der Waals surface area (Å²) < 4.78 is 0. The van der Waals surface area contributed by atoms with Crippen LogP contribution in [0.3, 0.4) is 0 Å². The molecule has 14 heavy (non-hydrogen) atoms. The van der Waals surface area contributed by atoms with Crippen LogP contribution in [0.25, 0.3) is 0 Å². The zero-order valence-corrected chi connectivity index (χ0v) is 10.5.